The number of carbonyl (C=O) groups is 1. The van der Waals surface area contributed by atoms with Crippen LogP contribution in [0.25, 0.3) is 5.57 Å². The highest BCUT2D eigenvalue weighted by Crippen LogP contribution is 2.36. The van der Waals surface area contributed by atoms with E-state index in [1.807, 2.05) is 23.9 Å². The number of nitrogens with zero attached hydrogens (tertiary/aromatic N) is 3. The number of hydrogen-bond donors (Lipinski definition) is 2. The monoisotopic (exact) mass is 435 g/mol. The average molecular weight is 436 g/mol. The minimum atomic E-state index is -0.147. The molecule has 0 unspecified atom stereocenters. The van der Waals surface area contributed by atoms with Crippen LogP contribution in [0.4, 0.5) is 0 Å². The van der Waals surface area contributed by atoms with Crippen molar-refractivity contribution in [1.82, 2.24) is 25.3 Å². The summed E-state index contributed by atoms with van der Waals surface area (Å²) in [5.41, 5.74) is 5.13. The van der Waals surface area contributed by atoms with Crippen LogP contribution in [0.1, 0.15) is 99.4 Å². The van der Waals surface area contributed by atoms with Crippen LogP contribution >= 0.6 is 0 Å². The molecule has 4 rings (SSSR count). The van der Waals surface area contributed by atoms with E-state index < -0.39 is 0 Å². The van der Waals surface area contributed by atoms with Crippen LogP contribution in [0.3, 0.4) is 0 Å². The number of aromatic amines is 1. The first-order chi connectivity index (χ1) is 15.5. The first kappa shape index (κ1) is 22.6. The molecule has 1 amide bonds. The lowest BCUT2D eigenvalue weighted by molar-refractivity contribution is 0.0931. The molecule has 1 saturated carbocycles. The fourth-order valence-electron chi connectivity index (χ4n) is 4.92. The van der Waals surface area contributed by atoms with E-state index in [1.165, 1.54) is 43.3 Å². The van der Waals surface area contributed by atoms with Crippen molar-refractivity contribution >= 4 is 11.5 Å². The zero-order valence-electron chi connectivity index (χ0n) is 19.6. The van der Waals surface area contributed by atoms with Crippen molar-refractivity contribution in [3.8, 4) is 0 Å². The van der Waals surface area contributed by atoms with Crippen LogP contribution in [0.2, 0.25) is 0 Å². The summed E-state index contributed by atoms with van der Waals surface area (Å²) in [5.74, 6) is 0.851. The lowest BCUT2D eigenvalue weighted by atomic mass is 9.92. The summed E-state index contributed by atoms with van der Waals surface area (Å²) in [6.07, 6.45) is 14.9. The van der Waals surface area contributed by atoms with Crippen LogP contribution in [-0.2, 0) is 6.54 Å². The highest BCUT2D eigenvalue weighted by atomic mass is 16.2. The van der Waals surface area contributed by atoms with Gasteiger partial charge in [0.15, 0.2) is 0 Å². The molecule has 0 aromatic carbocycles. The fourth-order valence-corrected chi connectivity index (χ4v) is 4.92. The number of allylic oxidation sites excluding steroid dienone is 3. The van der Waals surface area contributed by atoms with Gasteiger partial charge in [0.25, 0.3) is 5.91 Å². The Bertz CT molecular complexity index is 969. The molecule has 2 aromatic heterocycles. The van der Waals surface area contributed by atoms with E-state index in [9.17, 15) is 4.79 Å². The van der Waals surface area contributed by atoms with E-state index in [1.54, 1.807) is 0 Å². The van der Waals surface area contributed by atoms with Crippen molar-refractivity contribution in [3.05, 3.63) is 53.6 Å². The van der Waals surface area contributed by atoms with E-state index in [0.717, 1.165) is 43.0 Å². The SMILES string of the molecule is C=C1CC[C@H](C)CC[C@H]1c1cc(C(=O)N[C@H](C)Cn2ccc(C3=CCCCCC3)n2)n[nH]1. The largest absolute Gasteiger partial charge is 0.346 e. The van der Waals surface area contributed by atoms with E-state index >= 15 is 0 Å². The third-order valence-corrected chi connectivity index (χ3v) is 6.95. The van der Waals surface area contributed by atoms with Gasteiger partial charge in [-0.15, -0.1) is 0 Å². The van der Waals surface area contributed by atoms with Gasteiger partial charge in [0.2, 0.25) is 0 Å². The van der Waals surface area contributed by atoms with E-state index in [2.05, 4.69) is 41.2 Å². The van der Waals surface area contributed by atoms with Crippen molar-refractivity contribution in [2.45, 2.75) is 90.1 Å². The Morgan fingerprint density at radius 2 is 2.16 bits per heavy atom. The maximum absolute atomic E-state index is 12.8. The lowest BCUT2D eigenvalue weighted by Crippen LogP contribution is -2.36. The molecule has 0 aliphatic heterocycles. The van der Waals surface area contributed by atoms with Crippen LogP contribution in [0, 0.1) is 5.92 Å². The Morgan fingerprint density at radius 1 is 1.28 bits per heavy atom. The zero-order chi connectivity index (χ0) is 22.5. The number of H-pyrrole nitrogens is 1. The van der Waals surface area contributed by atoms with Crippen LogP contribution in [-0.4, -0.2) is 31.9 Å². The molecule has 6 heteroatoms. The summed E-state index contributed by atoms with van der Waals surface area (Å²) in [5, 5.41) is 15.2. The summed E-state index contributed by atoms with van der Waals surface area (Å²) in [6, 6.07) is 3.94. The van der Waals surface area contributed by atoms with Crippen molar-refractivity contribution < 1.29 is 4.79 Å². The molecule has 1 fully saturated rings. The minimum absolute atomic E-state index is 0.0489. The lowest BCUT2D eigenvalue weighted by Gasteiger charge is -2.14. The quantitative estimate of drug-likeness (QED) is 0.457. The Hall–Kier alpha value is -2.63. The Kier molecular flexibility index (Phi) is 7.28. The molecule has 6 nitrogen and oxygen atoms in total. The molecule has 0 spiro atoms. The molecular formula is C26H37N5O. The average Bonchev–Trinajstić information content (AvgIpc) is 3.31. The first-order valence-corrected chi connectivity index (χ1v) is 12.3. The Balaban J connectivity index is 1.33. The van der Waals surface area contributed by atoms with Crippen molar-refractivity contribution in [1.29, 1.82) is 0 Å². The van der Waals surface area contributed by atoms with E-state index in [0.29, 0.717) is 12.2 Å². The predicted molar refractivity (Wildman–Crippen MR) is 128 cm³/mol. The van der Waals surface area contributed by atoms with E-state index in [4.69, 9.17) is 5.10 Å². The third-order valence-electron chi connectivity index (χ3n) is 6.95. The van der Waals surface area contributed by atoms with E-state index in [-0.39, 0.29) is 17.9 Å². The normalized spacial score (nSPS) is 23.2. The minimum Gasteiger partial charge on any atom is -0.346 e. The van der Waals surface area contributed by atoms with Gasteiger partial charge in [0.1, 0.15) is 5.69 Å². The van der Waals surface area contributed by atoms with Gasteiger partial charge in [-0.05, 0) is 81.9 Å². The number of rotatable bonds is 6. The molecule has 0 saturated heterocycles. The maximum atomic E-state index is 12.8. The van der Waals surface area contributed by atoms with Gasteiger partial charge in [-0.2, -0.15) is 10.2 Å². The molecule has 32 heavy (non-hydrogen) atoms. The molecular weight excluding hydrogens is 398 g/mol. The standard InChI is InChI=1S/C26H37N5O/c1-18-10-12-19(2)22(13-11-18)24-16-25(29-28-24)26(32)27-20(3)17-31-15-14-23(30-31)21-8-6-4-5-7-9-21/h8,14-16,18,20,22H,2,4-7,9-13,17H2,1,3H3,(H,27,32)(H,28,29)/t18-,20+,22+/m0/s1. The fraction of sp³-hybridized carbons (Fsp3) is 0.577. The first-order valence-electron chi connectivity index (χ1n) is 12.3. The molecule has 2 aliphatic rings. The summed E-state index contributed by atoms with van der Waals surface area (Å²) in [7, 11) is 0. The summed E-state index contributed by atoms with van der Waals surface area (Å²) in [6.45, 7) is 9.24. The smallest absolute Gasteiger partial charge is 0.272 e. The highest BCUT2D eigenvalue weighted by Gasteiger charge is 2.24. The van der Waals surface area contributed by atoms with Gasteiger partial charge >= 0.3 is 0 Å². The van der Waals surface area contributed by atoms with Gasteiger partial charge in [0, 0.05) is 23.9 Å². The van der Waals surface area contributed by atoms with Crippen molar-refractivity contribution in [2.75, 3.05) is 0 Å². The highest BCUT2D eigenvalue weighted by molar-refractivity contribution is 5.92. The molecule has 3 atom stereocenters. The third kappa shape index (κ3) is 5.59. The van der Waals surface area contributed by atoms with Gasteiger partial charge in [-0.3, -0.25) is 14.6 Å². The Labute approximate surface area is 191 Å². The second-order valence-electron chi connectivity index (χ2n) is 9.77. The molecule has 0 bridgehead atoms. The van der Waals surface area contributed by atoms with Gasteiger partial charge in [-0.1, -0.05) is 31.6 Å². The number of amides is 1. The van der Waals surface area contributed by atoms with Crippen molar-refractivity contribution in [3.63, 3.8) is 0 Å². The molecule has 2 aliphatic carbocycles. The number of nitrogens with one attached hydrogen (secondary N) is 2. The number of hydrogen-bond acceptors (Lipinski definition) is 3. The van der Waals surface area contributed by atoms with Crippen LogP contribution in [0.15, 0.2) is 36.6 Å². The van der Waals surface area contributed by atoms with Crippen LogP contribution in [0.5, 0.6) is 0 Å². The summed E-state index contributed by atoms with van der Waals surface area (Å²) in [4.78, 5) is 12.8. The van der Waals surface area contributed by atoms with Gasteiger partial charge < -0.3 is 5.32 Å². The Morgan fingerprint density at radius 3 is 3.03 bits per heavy atom. The predicted octanol–water partition coefficient (Wildman–Crippen LogP) is 5.62. The molecule has 2 heterocycles. The summed E-state index contributed by atoms with van der Waals surface area (Å²) >= 11 is 0. The maximum Gasteiger partial charge on any atom is 0.272 e. The molecule has 2 aromatic rings. The second-order valence-corrected chi connectivity index (χ2v) is 9.77. The number of aromatic nitrogens is 4. The summed E-state index contributed by atoms with van der Waals surface area (Å²) < 4.78 is 1.93. The molecule has 2 N–H and O–H groups in total. The molecule has 0 radical (unpaired) electrons. The number of carbonyl (C=O) groups excluding carboxylic acids is 1. The van der Waals surface area contributed by atoms with Crippen LogP contribution < -0.4 is 5.32 Å². The van der Waals surface area contributed by atoms with Crippen molar-refractivity contribution in [2.24, 2.45) is 5.92 Å². The second kappa shape index (κ2) is 10.3. The van der Waals surface area contributed by atoms with Gasteiger partial charge in [0.05, 0.1) is 12.2 Å². The zero-order valence-corrected chi connectivity index (χ0v) is 19.6. The van der Waals surface area contributed by atoms with Gasteiger partial charge in [-0.25, -0.2) is 0 Å². The topological polar surface area (TPSA) is 75.6 Å². The molecule has 172 valence electrons.